The Kier molecular flexibility index (Phi) is 3.37. The Morgan fingerprint density at radius 2 is 2.26 bits per heavy atom. The molecule has 4 nitrogen and oxygen atoms in total. The number of benzene rings is 1. The normalized spacial score (nSPS) is 22.6. The van der Waals surface area contributed by atoms with Gasteiger partial charge in [0.25, 0.3) is 0 Å². The summed E-state index contributed by atoms with van der Waals surface area (Å²) in [6.07, 6.45) is 3.46. The molecule has 1 heterocycles. The number of rotatable bonds is 4. The lowest BCUT2D eigenvalue weighted by molar-refractivity contribution is -0.0254. The summed E-state index contributed by atoms with van der Waals surface area (Å²) < 4.78 is 11.3. The molecule has 1 aliphatic carbocycles. The minimum absolute atomic E-state index is 0.421. The van der Waals surface area contributed by atoms with E-state index in [0.717, 1.165) is 37.3 Å². The van der Waals surface area contributed by atoms with Gasteiger partial charge in [-0.15, -0.1) is 0 Å². The van der Waals surface area contributed by atoms with E-state index in [1.807, 2.05) is 6.92 Å². The van der Waals surface area contributed by atoms with Crippen LogP contribution >= 0.6 is 11.6 Å². The van der Waals surface area contributed by atoms with Gasteiger partial charge in [-0.3, -0.25) is 0 Å². The van der Waals surface area contributed by atoms with Crippen LogP contribution in [0.1, 0.15) is 25.7 Å². The van der Waals surface area contributed by atoms with E-state index in [0.29, 0.717) is 28.3 Å². The van der Waals surface area contributed by atoms with Crippen molar-refractivity contribution in [2.24, 2.45) is 5.92 Å². The second kappa shape index (κ2) is 5.02. The molecular formula is C14H17ClN2O2. The molecule has 1 fully saturated rings. The molecule has 1 aromatic carbocycles. The van der Waals surface area contributed by atoms with Crippen molar-refractivity contribution in [2.45, 2.75) is 32.3 Å². The smallest absolute Gasteiger partial charge is 0.195 e. The SMILES string of the molecule is CCOC1CC(Cc2nc3cc(Cl)c(N)cc3o2)C1. The highest BCUT2D eigenvalue weighted by atomic mass is 35.5. The lowest BCUT2D eigenvalue weighted by Gasteiger charge is -2.34. The van der Waals surface area contributed by atoms with Crippen molar-refractivity contribution in [1.29, 1.82) is 0 Å². The van der Waals surface area contributed by atoms with Gasteiger partial charge in [-0.05, 0) is 31.7 Å². The van der Waals surface area contributed by atoms with E-state index in [1.165, 1.54) is 0 Å². The van der Waals surface area contributed by atoms with Crippen LogP contribution in [0.3, 0.4) is 0 Å². The van der Waals surface area contributed by atoms with Crippen LogP contribution in [0.2, 0.25) is 5.02 Å². The highest BCUT2D eigenvalue weighted by Crippen LogP contribution is 2.34. The third-order valence-electron chi connectivity index (χ3n) is 3.61. The zero-order valence-corrected chi connectivity index (χ0v) is 11.6. The molecule has 0 saturated heterocycles. The summed E-state index contributed by atoms with van der Waals surface area (Å²) in [4.78, 5) is 4.46. The predicted octanol–water partition coefficient (Wildman–Crippen LogP) is 3.42. The van der Waals surface area contributed by atoms with Gasteiger partial charge in [-0.2, -0.15) is 0 Å². The van der Waals surface area contributed by atoms with E-state index in [9.17, 15) is 0 Å². The summed E-state index contributed by atoms with van der Waals surface area (Å²) in [6, 6.07) is 3.49. The number of nitrogens with zero attached hydrogens (tertiary/aromatic N) is 1. The number of hydrogen-bond acceptors (Lipinski definition) is 4. The zero-order chi connectivity index (χ0) is 13.4. The van der Waals surface area contributed by atoms with Crippen LogP contribution in [0.25, 0.3) is 11.1 Å². The number of ether oxygens (including phenoxy) is 1. The van der Waals surface area contributed by atoms with Crippen LogP contribution in [0.15, 0.2) is 16.5 Å². The first-order valence-corrected chi connectivity index (χ1v) is 6.99. The molecule has 1 saturated carbocycles. The first-order valence-electron chi connectivity index (χ1n) is 6.61. The summed E-state index contributed by atoms with van der Waals surface area (Å²) in [7, 11) is 0. The molecule has 0 aliphatic heterocycles. The fourth-order valence-electron chi connectivity index (χ4n) is 2.56. The summed E-state index contributed by atoms with van der Waals surface area (Å²) in [5.74, 6) is 1.37. The van der Waals surface area contributed by atoms with Gasteiger partial charge in [0.1, 0.15) is 5.52 Å². The van der Waals surface area contributed by atoms with Gasteiger partial charge in [-0.1, -0.05) is 11.6 Å². The first-order chi connectivity index (χ1) is 9.15. The van der Waals surface area contributed by atoms with E-state index in [1.54, 1.807) is 12.1 Å². The average molecular weight is 281 g/mol. The maximum atomic E-state index is 5.97. The molecule has 1 aliphatic rings. The van der Waals surface area contributed by atoms with Crippen molar-refractivity contribution in [1.82, 2.24) is 4.98 Å². The molecule has 0 atom stereocenters. The van der Waals surface area contributed by atoms with Crippen molar-refractivity contribution in [3.05, 3.63) is 23.0 Å². The molecule has 3 rings (SSSR count). The van der Waals surface area contributed by atoms with E-state index in [-0.39, 0.29) is 0 Å². The maximum absolute atomic E-state index is 5.97. The van der Waals surface area contributed by atoms with Crippen LogP contribution in [0.5, 0.6) is 0 Å². The molecule has 0 unspecified atom stereocenters. The molecule has 5 heteroatoms. The largest absolute Gasteiger partial charge is 0.441 e. The molecule has 2 N–H and O–H groups in total. The van der Waals surface area contributed by atoms with Crippen LogP contribution in [0.4, 0.5) is 5.69 Å². The van der Waals surface area contributed by atoms with E-state index in [2.05, 4.69) is 4.98 Å². The van der Waals surface area contributed by atoms with Crippen LogP contribution in [0, 0.1) is 5.92 Å². The van der Waals surface area contributed by atoms with Crippen molar-refractivity contribution in [3.8, 4) is 0 Å². The molecular weight excluding hydrogens is 264 g/mol. The number of hydrogen-bond donors (Lipinski definition) is 1. The molecule has 102 valence electrons. The lowest BCUT2D eigenvalue weighted by Crippen LogP contribution is -2.32. The molecule has 0 radical (unpaired) electrons. The average Bonchev–Trinajstić information content (AvgIpc) is 2.69. The third-order valence-corrected chi connectivity index (χ3v) is 3.94. The van der Waals surface area contributed by atoms with Gasteiger partial charge >= 0.3 is 0 Å². The standard InChI is InChI=1S/C14H17ClN2O2/c1-2-18-9-3-8(4-9)5-14-17-12-6-10(15)11(16)7-13(12)19-14/h6-9H,2-5,16H2,1H3. The highest BCUT2D eigenvalue weighted by molar-refractivity contribution is 6.33. The fraction of sp³-hybridized carbons (Fsp3) is 0.500. The Hall–Kier alpha value is -1.26. The Morgan fingerprint density at radius 1 is 1.47 bits per heavy atom. The number of oxazole rings is 1. The summed E-state index contributed by atoms with van der Waals surface area (Å²) >= 11 is 5.97. The van der Waals surface area contributed by atoms with Crippen molar-refractivity contribution in [3.63, 3.8) is 0 Å². The fourth-order valence-corrected chi connectivity index (χ4v) is 2.72. The summed E-state index contributed by atoms with van der Waals surface area (Å²) in [6.45, 7) is 2.82. The second-order valence-corrected chi connectivity index (χ2v) is 5.48. The van der Waals surface area contributed by atoms with Gasteiger partial charge in [0, 0.05) is 19.1 Å². The number of nitrogen functional groups attached to an aromatic ring is 1. The zero-order valence-electron chi connectivity index (χ0n) is 10.9. The van der Waals surface area contributed by atoms with E-state index >= 15 is 0 Å². The third kappa shape index (κ3) is 2.55. The van der Waals surface area contributed by atoms with Crippen molar-refractivity contribution < 1.29 is 9.15 Å². The van der Waals surface area contributed by atoms with Crippen LogP contribution in [-0.2, 0) is 11.2 Å². The predicted molar refractivity (Wildman–Crippen MR) is 75.3 cm³/mol. The second-order valence-electron chi connectivity index (χ2n) is 5.07. The highest BCUT2D eigenvalue weighted by Gasteiger charge is 2.30. The van der Waals surface area contributed by atoms with Crippen molar-refractivity contribution in [2.75, 3.05) is 12.3 Å². The topological polar surface area (TPSA) is 61.3 Å². The van der Waals surface area contributed by atoms with Gasteiger partial charge < -0.3 is 14.9 Å². The monoisotopic (exact) mass is 280 g/mol. The summed E-state index contributed by atoms with van der Waals surface area (Å²) in [5.41, 5.74) is 7.75. The molecule has 19 heavy (non-hydrogen) atoms. The number of fused-ring (bicyclic) bond motifs is 1. The molecule has 0 bridgehead atoms. The Labute approximate surface area is 116 Å². The molecule has 2 aromatic rings. The summed E-state index contributed by atoms with van der Waals surface area (Å²) in [5, 5.41) is 0.521. The quantitative estimate of drug-likeness (QED) is 0.872. The molecule has 0 spiro atoms. The van der Waals surface area contributed by atoms with Gasteiger partial charge in [0.15, 0.2) is 11.5 Å². The van der Waals surface area contributed by atoms with Crippen LogP contribution in [-0.4, -0.2) is 17.7 Å². The molecule has 0 amide bonds. The van der Waals surface area contributed by atoms with Crippen molar-refractivity contribution >= 4 is 28.4 Å². The van der Waals surface area contributed by atoms with Gasteiger partial charge in [-0.25, -0.2) is 4.98 Å². The van der Waals surface area contributed by atoms with Gasteiger partial charge in [0.05, 0.1) is 16.8 Å². The minimum Gasteiger partial charge on any atom is -0.441 e. The number of halogens is 1. The molecule has 1 aromatic heterocycles. The Morgan fingerprint density at radius 3 is 3.00 bits per heavy atom. The Bertz CT molecular complexity index is 551. The number of nitrogens with two attached hydrogens (primary N) is 1. The van der Waals surface area contributed by atoms with E-state index < -0.39 is 0 Å². The van der Waals surface area contributed by atoms with Crippen LogP contribution < -0.4 is 5.73 Å². The lowest BCUT2D eigenvalue weighted by atomic mass is 9.80. The first kappa shape index (κ1) is 12.8. The van der Waals surface area contributed by atoms with Gasteiger partial charge in [0.2, 0.25) is 0 Å². The van der Waals surface area contributed by atoms with E-state index in [4.69, 9.17) is 26.5 Å². The minimum atomic E-state index is 0.421. The number of aromatic nitrogens is 1. The number of anilines is 1. The maximum Gasteiger partial charge on any atom is 0.195 e. The Balaban J connectivity index is 1.69.